The van der Waals surface area contributed by atoms with Crippen molar-refractivity contribution in [2.75, 3.05) is 12.3 Å². The number of benzene rings is 1. The average Bonchev–Trinajstić information content (AvgIpc) is 3.42. The molecule has 0 radical (unpaired) electrons. The van der Waals surface area contributed by atoms with Crippen molar-refractivity contribution in [2.45, 2.75) is 57.8 Å². The molecular weight excluding hydrogens is 533 g/mol. The first kappa shape index (κ1) is 28.4. The van der Waals surface area contributed by atoms with Gasteiger partial charge in [-0.05, 0) is 32.4 Å². The van der Waals surface area contributed by atoms with E-state index in [1.54, 1.807) is 51.1 Å². The van der Waals surface area contributed by atoms with Gasteiger partial charge in [-0.25, -0.2) is 9.55 Å². The van der Waals surface area contributed by atoms with E-state index in [0.717, 1.165) is 0 Å². The van der Waals surface area contributed by atoms with E-state index in [-0.39, 0.29) is 35.0 Å². The van der Waals surface area contributed by atoms with E-state index < -0.39 is 56.5 Å². The summed E-state index contributed by atoms with van der Waals surface area (Å²) < 4.78 is 37.4. The molecule has 39 heavy (non-hydrogen) atoms. The standard InChI is InChI=1S/C23H30N7O8P/c1-4-14(22(33)36-12(2)3)29-39(34,38-13-8-6-5-7-9-13)35-10-15-18(31)16(24)21(37-15)30-11-26-17-19(30)27-23(25)28-20(17)32/h5-9,11-12,14-15,18,21,24,31H,4,10H2,1-3H3,(H,29,34)(H3,25,27,28,32)/t14-,15+,18+,21+,39?/m0/s1. The summed E-state index contributed by atoms with van der Waals surface area (Å²) in [4.78, 5) is 35.0. The first-order valence-corrected chi connectivity index (χ1v) is 13.7. The number of fused-ring (bicyclic) bond motifs is 1. The number of aliphatic hydroxyl groups excluding tert-OH is 1. The number of carbonyl (C=O) groups excluding carboxylic acids is 1. The molecule has 210 valence electrons. The van der Waals surface area contributed by atoms with Crippen molar-refractivity contribution in [3.05, 3.63) is 47.0 Å². The molecule has 3 heterocycles. The number of nitrogens with one attached hydrogen (secondary N) is 3. The number of H-pyrrole nitrogens is 1. The maximum Gasteiger partial charge on any atom is 0.459 e. The number of aromatic nitrogens is 4. The molecule has 0 amide bonds. The number of rotatable bonds is 11. The second-order valence-electron chi connectivity index (χ2n) is 8.98. The predicted octanol–water partition coefficient (Wildman–Crippen LogP) is 1.50. The number of hydrogen-bond donors (Lipinski definition) is 5. The zero-order valence-electron chi connectivity index (χ0n) is 21.4. The van der Waals surface area contributed by atoms with Gasteiger partial charge in [0.15, 0.2) is 17.4 Å². The summed E-state index contributed by atoms with van der Waals surface area (Å²) >= 11 is 0. The van der Waals surface area contributed by atoms with Gasteiger partial charge in [-0.1, -0.05) is 25.1 Å². The largest absolute Gasteiger partial charge is 0.462 e. The highest BCUT2D eigenvalue weighted by atomic mass is 31.2. The molecule has 0 aliphatic carbocycles. The number of anilines is 1. The summed E-state index contributed by atoms with van der Waals surface area (Å²) in [6.07, 6.45) is -2.78. The summed E-state index contributed by atoms with van der Waals surface area (Å²) in [7, 11) is -4.25. The number of imidazole rings is 1. The summed E-state index contributed by atoms with van der Waals surface area (Å²) in [5.74, 6) is -0.593. The lowest BCUT2D eigenvalue weighted by Crippen LogP contribution is -2.39. The fourth-order valence-corrected chi connectivity index (χ4v) is 5.41. The van der Waals surface area contributed by atoms with Crippen LogP contribution in [0.25, 0.3) is 11.2 Å². The molecule has 3 aromatic rings. The fraction of sp³-hybridized carbons (Fsp3) is 0.435. The van der Waals surface area contributed by atoms with Gasteiger partial charge in [0.2, 0.25) is 5.95 Å². The van der Waals surface area contributed by atoms with E-state index in [2.05, 4.69) is 20.0 Å². The first-order valence-electron chi connectivity index (χ1n) is 12.1. The van der Waals surface area contributed by atoms with Gasteiger partial charge in [-0.2, -0.15) is 10.1 Å². The Morgan fingerprint density at radius 1 is 1.36 bits per heavy atom. The van der Waals surface area contributed by atoms with Gasteiger partial charge >= 0.3 is 13.7 Å². The lowest BCUT2D eigenvalue weighted by atomic mass is 10.1. The number of para-hydroxylation sites is 1. The molecule has 0 bridgehead atoms. The minimum absolute atomic E-state index is 0.0290. The Bertz CT molecular complexity index is 1440. The number of nitrogens with zero attached hydrogens (tertiary/aromatic N) is 3. The van der Waals surface area contributed by atoms with Gasteiger partial charge in [-0.3, -0.25) is 23.7 Å². The topological polar surface area (TPSA) is 217 Å². The number of ether oxygens (including phenoxy) is 2. The predicted molar refractivity (Wildman–Crippen MR) is 139 cm³/mol. The van der Waals surface area contributed by atoms with Crippen LogP contribution in [0, 0.1) is 5.41 Å². The fourth-order valence-electron chi connectivity index (χ4n) is 3.82. The Morgan fingerprint density at radius 3 is 2.74 bits per heavy atom. The van der Waals surface area contributed by atoms with Crippen LogP contribution in [0.15, 0.2) is 41.5 Å². The Hall–Kier alpha value is -3.62. The van der Waals surface area contributed by atoms with E-state index in [1.807, 2.05) is 0 Å². The molecule has 15 nitrogen and oxygen atoms in total. The lowest BCUT2D eigenvalue weighted by Gasteiger charge is -2.26. The molecule has 6 N–H and O–H groups in total. The number of hydrogen-bond acceptors (Lipinski definition) is 12. The second kappa shape index (κ2) is 11.6. The van der Waals surface area contributed by atoms with Crippen LogP contribution < -0.4 is 20.9 Å². The van der Waals surface area contributed by atoms with Gasteiger partial charge < -0.3 is 30.2 Å². The number of carbonyl (C=O) groups is 1. The molecule has 0 saturated carbocycles. The van der Waals surface area contributed by atoms with Crippen molar-refractivity contribution in [1.29, 1.82) is 5.41 Å². The minimum atomic E-state index is -4.25. The van der Waals surface area contributed by atoms with Crippen LogP contribution in [0.2, 0.25) is 0 Å². The van der Waals surface area contributed by atoms with Gasteiger partial charge in [0.1, 0.15) is 24.0 Å². The van der Waals surface area contributed by atoms with Crippen LogP contribution in [-0.4, -0.2) is 67.3 Å². The van der Waals surface area contributed by atoms with Crippen molar-refractivity contribution < 1.29 is 33.0 Å². The molecule has 2 aromatic heterocycles. The summed E-state index contributed by atoms with van der Waals surface area (Å²) in [6.45, 7) is 4.59. The van der Waals surface area contributed by atoms with E-state index in [9.17, 15) is 19.3 Å². The molecule has 1 aliphatic rings. The molecule has 1 aliphatic heterocycles. The molecule has 0 spiro atoms. The molecule has 5 atom stereocenters. The number of nitrogens with two attached hydrogens (primary N) is 1. The Balaban J connectivity index is 1.54. The highest BCUT2D eigenvalue weighted by Crippen LogP contribution is 2.46. The van der Waals surface area contributed by atoms with E-state index in [1.165, 1.54) is 10.9 Å². The number of esters is 1. The summed E-state index contributed by atoms with van der Waals surface area (Å²) in [5, 5.41) is 21.7. The van der Waals surface area contributed by atoms with Gasteiger partial charge in [0.25, 0.3) is 5.56 Å². The number of aliphatic hydroxyl groups is 1. The van der Waals surface area contributed by atoms with Gasteiger partial charge in [0.05, 0.1) is 24.7 Å². The Labute approximate surface area is 222 Å². The normalized spacial score (nSPS) is 21.7. The highest BCUT2D eigenvalue weighted by Gasteiger charge is 2.43. The van der Waals surface area contributed by atoms with Crippen LogP contribution in [0.4, 0.5) is 5.95 Å². The monoisotopic (exact) mass is 563 g/mol. The van der Waals surface area contributed by atoms with Crippen LogP contribution in [0.3, 0.4) is 0 Å². The Kier molecular flexibility index (Phi) is 8.47. The smallest absolute Gasteiger partial charge is 0.459 e. The molecule has 1 unspecified atom stereocenters. The third-order valence-corrected chi connectivity index (χ3v) is 7.25. The minimum Gasteiger partial charge on any atom is -0.462 e. The van der Waals surface area contributed by atoms with Gasteiger partial charge in [0, 0.05) is 0 Å². The zero-order chi connectivity index (χ0) is 28.3. The van der Waals surface area contributed by atoms with Crippen molar-refractivity contribution in [2.24, 2.45) is 0 Å². The van der Waals surface area contributed by atoms with Crippen molar-refractivity contribution in [3.8, 4) is 5.75 Å². The quantitative estimate of drug-likeness (QED) is 0.166. The molecule has 1 fully saturated rings. The molecule has 16 heteroatoms. The van der Waals surface area contributed by atoms with Crippen LogP contribution >= 0.6 is 7.75 Å². The first-order chi connectivity index (χ1) is 18.5. The van der Waals surface area contributed by atoms with Crippen molar-refractivity contribution in [1.82, 2.24) is 24.6 Å². The maximum absolute atomic E-state index is 13.8. The van der Waals surface area contributed by atoms with E-state index in [4.69, 9.17) is 29.7 Å². The van der Waals surface area contributed by atoms with Crippen molar-refractivity contribution >= 4 is 36.5 Å². The number of nitrogen functional groups attached to an aromatic ring is 1. The van der Waals surface area contributed by atoms with E-state index in [0.29, 0.717) is 0 Å². The van der Waals surface area contributed by atoms with E-state index >= 15 is 0 Å². The number of aromatic amines is 1. The zero-order valence-corrected chi connectivity index (χ0v) is 22.3. The maximum atomic E-state index is 13.8. The van der Waals surface area contributed by atoms with Crippen molar-refractivity contribution in [3.63, 3.8) is 0 Å². The SMILES string of the molecule is CC[C@H](NP(=O)(OC[C@H]1O[C@@H](n2cnc3c(=O)[nH]c(N)nc32)C(=N)[C@@H]1O)Oc1ccccc1)C(=O)OC(C)C. The summed E-state index contributed by atoms with van der Waals surface area (Å²) in [5.41, 5.74) is 4.81. The van der Waals surface area contributed by atoms with Gasteiger partial charge in [-0.15, -0.1) is 0 Å². The van der Waals surface area contributed by atoms with Crippen LogP contribution in [0.1, 0.15) is 33.4 Å². The molecule has 1 saturated heterocycles. The lowest BCUT2D eigenvalue weighted by molar-refractivity contribution is -0.149. The average molecular weight is 564 g/mol. The molecular formula is C23H30N7O8P. The highest BCUT2D eigenvalue weighted by molar-refractivity contribution is 7.52. The third kappa shape index (κ3) is 6.34. The van der Waals surface area contributed by atoms with Crippen LogP contribution in [-0.2, 0) is 23.4 Å². The second-order valence-corrected chi connectivity index (χ2v) is 10.7. The third-order valence-electron chi connectivity index (χ3n) is 5.68. The Morgan fingerprint density at radius 2 is 2.08 bits per heavy atom. The summed E-state index contributed by atoms with van der Waals surface area (Å²) in [6, 6.07) is 7.17. The molecule has 1 aromatic carbocycles. The molecule has 4 rings (SSSR count). The van der Waals surface area contributed by atoms with Crippen LogP contribution in [0.5, 0.6) is 5.75 Å².